The molecule has 0 atom stereocenters. The number of furan rings is 1. The van der Waals surface area contributed by atoms with Crippen LogP contribution in [0.15, 0.2) is 51.8 Å². The van der Waals surface area contributed by atoms with E-state index in [1.165, 1.54) is 18.2 Å². The van der Waals surface area contributed by atoms with Gasteiger partial charge in [0.05, 0.1) is 0 Å². The number of amides is 1. The van der Waals surface area contributed by atoms with Gasteiger partial charge in [-0.3, -0.25) is 4.79 Å². The summed E-state index contributed by atoms with van der Waals surface area (Å²) in [4.78, 5) is 12.1. The monoisotopic (exact) mass is 309 g/mol. The lowest BCUT2D eigenvalue weighted by Crippen LogP contribution is -2.07. The standard InChI is InChI=1S/C15H13F2NO2S/c1-10-2-5-12(20-10)6-9-14(19)18-11-3-7-13(8-4-11)21-15(16)17/h2-9,15H,1H3,(H,18,19)/b9-6+. The molecule has 6 heteroatoms. The Balaban J connectivity index is 1.91. The van der Waals surface area contributed by atoms with Crippen molar-refractivity contribution < 1.29 is 18.0 Å². The summed E-state index contributed by atoms with van der Waals surface area (Å²) in [6.07, 6.45) is 2.91. The zero-order valence-corrected chi connectivity index (χ0v) is 12.0. The maximum atomic E-state index is 12.2. The van der Waals surface area contributed by atoms with Gasteiger partial charge in [-0.2, -0.15) is 8.78 Å². The van der Waals surface area contributed by atoms with Crippen molar-refractivity contribution in [2.24, 2.45) is 0 Å². The van der Waals surface area contributed by atoms with E-state index in [4.69, 9.17) is 4.42 Å². The van der Waals surface area contributed by atoms with Crippen molar-refractivity contribution in [3.63, 3.8) is 0 Å². The predicted molar refractivity (Wildman–Crippen MR) is 79.4 cm³/mol. The summed E-state index contributed by atoms with van der Waals surface area (Å²) >= 11 is 0.463. The van der Waals surface area contributed by atoms with E-state index in [1.54, 1.807) is 30.3 Å². The first kappa shape index (κ1) is 15.3. The number of thioether (sulfide) groups is 1. The number of nitrogens with one attached hydrogen (secondary N) is 1. The minimum atomic E-state index is -2.45. The smallest absolute Gasteiger partial charge is 0.288 e. The first-order valence-corrected chi connectivity index (χ1v) is 7.01. The molecule has 0 aliphatic rings. The Morgan fingerprint density at radius 2 is 1.95 bits per heavy atom. The summed E-state index contributed by atoms with van der Waals surface area (Å²) in [5.74, 6) is -1.42. The van der Waals surface area contributed by atoms with E-state index in [2.05, 4.69) is 5.32 Å². The summed E-state index contributed by atoms with van der Waals surface area (Å²) < 4.78 is 29.6. The molecule has 0 aliphatic carbocycles. The van der Waals surface area contributed by atoms with E-state index in [0.29, 0.717) is 28.1 Å². The van der Waals surface area contributed by atoms with Crippen LogP contribution < -0.4 is 5.32 Å². The van der Waals surface area contributed by atoms with Gasteiger partial charge in [-0.25, -0.2) is 0 Å². The number of hydrogen-bond acceptors (Lipinski definition) is 3. The van der Waals surface area contributed by atoms with E-state index in [0.717, 1.165) is 5.76 Å². The SMILES string of the molecule is Cc1ccc(/C=C/C(=O)Nc2ccc(SC(F)F)cc2)o1. The quantitative estimate of drug-likeness (QED) is 0.650. The molecule has 1 N–H and O–H groups in total. The van der Waals surface area contributed by atoms with Crippen LogP contribution in [-0.4, -0.2) is 11.7 Å². The molecule has 0 saturated heterocycles. The molecule has 0 spiro atoms. The largest absolute Gasteiger partial charge is 0.462 e. The molecule has 0 unspecified atom stereocenters. The highest BCUT2D eigenvalue weighted by Crippen LogP contribution is 2.26. The van der Waals surface area contributed by atoms with Crippen LogP contribution in [0.2, 0.25) is 0 Å². The molecule has 21 heavy (non-hydrogen) atoms. The number of benzene rings is 1. The van der Waals surface area contributed by atoms with E-state index < -0.39 is 5.76 Å². The first-order valence-electron chi connectivity index (χ1n) is 6.13. The van der Waals surface area contributed by atoms with Gasteiger partial charge in [0.2, 0.25) is 5.91 Å². The number of carbonyl (C=O) groups is 1. The minimum absolute atomic E-state index is 0.321. The summed E-state index contributed by atoms with van der Waals surface area (Å²) in [5.41, 5.74) is 0.541. The van der Waals surface area contributed by atoms with Crippen LogP contribution in [0.1, 0.15) is 11.5 Å². The zero-order valence-electron chi connectivity index (χ0n) is 11.2. The van der Waals surface area contributed by atoms with Crippen molar-refractivity contribution >= 4 is 29.4 Å². The van der Waals surface area contributed by atoms with Gasteiger partial charge in [0.1, 0.15) is 11.5 Å². The number of aryl methyl sites for hydroxylation is 1. The molecule has 1 heterocycles. The summed E-state index contributed by atoms with van der Waals surface area (Å²) in [7, 11) is 0. The van der Waals surface area contributed by atoms with Crippen molar-refractivity contribution in [2.75, 3.05) is 5.32 Å². The van der Waals surface area contributed by atoms with Crippen LogP contribution in [0.4, 0.5) is 14.5 Å². The van der Waals surface area contributed by atoms with Gasteiger partial charge in [0, 0.05) is 16.7 Å². The lowest BCUT2D eigenvalue weighted by molar-refractivity contribution is -0.111. The van der Waals surface area contributed by atoms with Crippen molar-refractivity contribution in [2.45, 2.75) is 17.6 Å². The van der Waals surface area contributed by atoms with Gasteiger partial charge < -0.3 is 9.73 Å². The van der Waals surface area contributed by atoms with Gasteiger partial charge in [0.25, 0.3) is 5.76 Å². The molecular formula is C15H13F2NO2S. The average Bonchev–Trinajstić information content (AvgIpc) is 2.84. The maximum Gasteiger partial charge on any atom is 0.288 e. The zero-order chi connectivity index (χ0) is 15.2. The Kier molecular flexibility index (Phi) is 5.16. The number of carbonyl (C=O) groups excluding carboxylic acids is 1. The molecule has 3 nitrogen and oxygen atoms in total. The molecule has 0 radical (unpaired) electrons. The van der Waals surface area contributed by atoms with Crippen molar-refractivity contribution in [3.8, 4) is 0 Å². The molecular weight excluding hydrogens is 296 g/mol. The summed E-state index contributed by atoms with van der Waals surface area (Å²) in [5, 5.41) is 2.64. The van der Waals surface area contributed by atoms with Crippen LogP contribution in [0, 0.1) is 6.92 Å². The van der Waals surface area contributed by atoms with Crippen LogP contribution in [-0.2, 0) is 4.79 Å². The second kappa shape index (κ2) is 7.08. The van der Waals surface area contributed by atoms with Crippen LogP contribution in [0.5, 0.6) is 0 Å². The third-order valence-corrected chi connectivity index (χ3v) is 3.23. The number of hydrogen-bond donors (Lipinski definition) is 1. The van der Waals surface area contributed by atoms with Crippen molar-refractivity contribution in [3.05, 3.63) is 54.0 Å². The van der Waals surface area contributed by atoms with Gasteiger partial charge in [-0.15, -0.1) is 0 Å². The molecule has 2 rings (SSSR count). The fraction of sp³-hybridized carbons (Fsp3) is 0.133. The Hall–Kier alpha value is -2.08. The normalized spacial score (nSPS) is 11.2. The number of anilines is 1. The molecule has 1 aromatic carbocycles. The topological polar surface area (TPSA) is 42.2 Å². The van der Waals surface area contributed by atoms with Gasteiger partial charge >= 0.3 is 0 Å². The van der Waals surface area contributed by atoms with Crippen molar-refractivity contribution in [1.82, 2.24) is 0 Å². The highest BCUT2D eigenvalue weighted by atomic mass is 32.2. The Morgan fingerprint density at radius 3 is 2.52 bits per heavy atom. The third-order valence-electron chi connectivity index (χ3n) is 2.51. The first-order chi connectivity index (χ1) is 10.0. The van der Waals surface area contributed by atoms with E-state index in [9.17, 15) is 13.6 Å². The molecule has 110 valence electrons. The van der Waals surface area contributed by atoms with Gasteiger partial charge in [-0.1, -0.05) is 11.8 Å². The summed E-state index contributed by atoms with van der Waals surface area (Å²) in [6.45, 7) is 1.82. The molecule has 0 saturated carbocycles. The number of rotatable bonds is 5. The second-order valence-corrected chi connectivity index (χ2v) is 5.24. The fourth-order valence-electron chi connectivity index (χ4n) is 1.60. The molecule has 1 amide bonds. The molecule has 0 fully saturated rings. The molecule has 2 aromatic rings. The van der Waals surface area contributed by atoms with Gasteiger partial charge in [-0.05, 0) is 49.4 Å². The van der Waals surface area contributed by atoms with E-state index in [-0.39, 0.29) is 5.91 Å². The average molecular weight is 309 g/mol. The minimum Gasteiger partial charge on any atom is -0.462 e. The molecule has 0 bridgehead atoms. The predicted octanol–water partition coefficient (Wildman–Crippen LogP) is 4.55. The van der Waals surface area contributed by atoms with Crippen LogP contribution in [0.3, 0.4) is 0 Å². The summed E-state index contributed by atoms with van der Waals surface area (Å²) in [6, 6.07) is 9.78. The molecule has 1 aromatic heterocycles. The third kappa shape index (κ3) is 5.07. The lowest BCUT2D eigenvalue weighted by atomic mass is 10.3. The fourth-order valence-corrected chi connectivity index (χ4v) is 2.10. The van der Waals surface area contributed by atoms with Gasteiger partial charge in [0.15, 0.2) is 0 Å². The highest BCUT2D eigenvalue weighted by Gasteiger charge is 2.05. The highest BCUT2D eigenvalue weighted by molar-refractivity contribution is 7.99. The Bertz CT molecular complexity index is 635. The Labute approximate surface area is 125 Å². The maximum absolute atomic E-state index is 12.2. The number of halogens is 2. The van der Waals surface area contributed by atoms with Crippen molar-refractivity contribution in [1.29, 1.82) is 0 Å². The molecule has 0 aliphatic heterocycles. The van der Waals surface area contributed by atoms with Crippen LogP contribution >= 0.6 is 11.8 Å². The van der Waals surface area contributed by atoms with E-state index >= 15 is 0 Å². The van der Waals surface area contributed by atoms with E-state index in [1.807, 2.05) is 6.92 Å². The number of alkyl halides is 2. The second-order valence-electron chi connectivity index (χ2n) is 4.17. The van der Waals surface area contributed by atoms with Crippen LogP contribution in [0.25, 0.3) is 6.08 Å². The lowest BCUT2D eigenvalue weighted by Gasteiger charge is -2.04. The Morgan fingerprint density at radius 1 is 1.24 bits per heavy atom.